The average Bonchev–Trinajstić information content (AvgIpc) is 2.83. The predicted molar refractivity (Wildman–Crippen MR) is 97.6 cm³/mol. The van der Waals surface area contributed by atoms with Crippen LogP contribution in [0.1, 0.15) is 66.2 Å². The molecule has 1 N–H and O–H groups in total. The monoisotopic (exact) mass is 350 g/mol. The van der Waals surface area contributed by atoms with Crippen molar-refractivity contribution in [1.29, 1.82) is 0 Å². The maximum Gasteiger partial charge on any atom is 0.233 e. The molecule has 1 atom stereocenters. The van der Waals surface area contributed by atoms with Crippen LogP contribution in [0.2, 0.25) is 0 Å². The van der Waals surface area contributed by atoms with Gasteiger partial charge in [0.05, 0.1) is 0 Å². The van der Waals surface area contributed by atoms with Gasteiger partial charge >= 0.3 is 0 Å². The van der Waals surface area contributed by atoms with Gasteiger partial charge in [-0.05, 0) is 49.9 Å². The van der Waals surface area contributed by atoms with Crippen molar-refractivity contribution in [3.8, 4) is 0 Å². The first-order valence-electron chi connectivity index (χ1n) is 9.91. The molecule has 2 fully saturated rings. The van der Waals surface area contributed by atoms with Crippen molar-refractivity contribution >= 4 is 17.7 Å². The highest BCUT2D eigenvalue weighted by Gasteiger charge is 2.41. The Morgan fingerprint density at radius 2 is 1.76 bits per heavy atom. The molecule has 25 heavy (non-hydrogen) atoms. The molecule has 0 bridgehead atoms. The third-order valence-corrected chi connectivity index (χ3v) is 5.76. The van der Waals surface area contributed by atoms with Gasteiger partial charge in [-0.2, -0.15) is 0 Å². The van der Waals surface area contributed by atoms with Gasteiger partial charge in [0, 0.05) is 31.3 Å². The molecule has 1 aliphatic carbocycles. The minimum Gasteiger partial charge on any atom is -0.356 e. The fourth-order valence-corrected chi connectivity index (χ4v) is 3.92. The second-order valence-electron chi connectivity index (χ2n) is 8.59. The first-order chi connectivity index (χ1) is 11.8. The lowest BCUT2D eigenvalue weighted by atomic mass is 9.81. The third-order valence-electron chi connectivity index (χ3n) is 5.76. The van der Waals surface area contributed by atoms with Gasteiger partial charge in [-0.15, -0.1) is 0 Å². The number of carbonyl (C=O) groups is 3. The van der Waals surface area contributed by atoms with Crippen molar-refractivity contribution in [2.75, 3.05) is 13.1 Å². The SMILES string of the molecule is CC(C)CCNC(=O)C1CCC(CN2C(=O)CC(C(C)C)C2=O)CC1. The summed E-state index contributed by atoms with van der Waals surface area (Å²) in [7, 11) is 0. The van der Waals surface area contributed by atoms with E-state index >= 15 is 0 Å². The predicted octanol–water partition coefficient (Wildman–Crippen LogP) is 2.99. The van der Waals surface area contributed by atoms with E-state index in [0.717, 1.165) is 38.6 Å². The van der Waals surface area contributed by atoms with Crippen LogP contribution in [0.5, 0.6) is 0 Å². The Morgan fingerprint density at radius 3 is 2.28 bits per heavy atom. The van der Waals surface area contributed by atoms with E-state index in [-0.39, 0.29) is 35.5 Å². The Kier molecular flexibility index (Phi) is 7.03. The van der Waals surface area contributed by atoms with E-state index in [1.807, 2.05) is 13.8 Å². The molecule has 5 nitrogen and oxygen atoms in total. The highest BCUT2D eigenvalue weighted by Crippen LogP contribution is 2.32. The van der Waals surface area contributed by atoms with Gasteiger partial charge in [0.2, 0.25) is 17.7 Å². The smallest absolute Gasteiger partial charge is 0.233 e. The summed E-state index contributed by atoms with van der Waals surface area (Å²) in [6.45, 7) is 9.61. The number of imide groups is 1. The van der Waals surface area contributed by atoms with Crippen LogP contribution in [-0.4, -0.2) is 35.7 Å². The lowest BCUT2D eigenvalue weighted by Gasteiger charge is -2.30. The van der Waals surface area contributed by atoms with Crippen LogP contribution in [0.3, 0.4) is 0 Å². The average molecular weight is 351 g/mol. The molecule has 5 heteroatoms. The Balaban J connectivity index is 1.76. The van der Waals surface area contributed by atoms with E-state index in [0.29, 0.717) is 24.8 Å². The maximum absolute atomic E-state index is 12.4. The molecule has 142 valence electrons. The van der Waals surface area contributed by atoms with Gasteiger partial charge in [0.15, 0.2) is 0 Å². The first kappa shape index (κ1) is 19.9. The largest absolute Gasteiger partial charge is 0.356 e. The molecule has 1 unspecified atom stereocenters. The third kappa shape index (κ3) is 5.29. The molecule has 3 amide bonds. The number of likely N-dealkylation sites (tertiary alicyclic amines) is 1. The van der Waals surface area contributed by atoms with E-state index in [1.54, 1.807) is 0 Å². The molecule has 1 saturated heterocycles. The number of nitrogens with zero attached hydrogens (tertiary/aromatic N) is 1. The van der Waals surface area contributed by atoms with Crippen LogP contribution in [0.15, 0.2) is 0 Å². The second-order valence-corrected chi connectivity index (χ2v) is 8.59. The Morgan fingerprint density at radius 1 is 1.12 bits per heavy atom. The van der Waals surface area contributed by atoms with Crippen molar-refractivity contribution in [2.45, 2.75) is 66.2 Å². The number of hydrogen-bond acceptors (Lipinski definition) is 3. The number of rotatable bonds is 7. The molecule has 0 aromatic heterocycles. The summed E-state index contributed by atoms with van der Waals surface area (Å²) in [5.74, 6) is 1.27. The zero-order chi connectivity index (χ0) is 18.6. The molecule has 2 rings (SSSR count). The van der Waals surface area contributed by atoms with Crippen LogP contribution in [0, 0.1) is 29.6 Å². The molecule has 1 heterocycles. The van der Waals surface area contributed by atoms with Crippen molar-refractivity contribution in [3.63, 3.8) is 0 Å². The topological polar surface area (TPSA) is 66.5 Å². The zero-order valence-electron chi connectivity index (χ0n) is 16.2. The fraction of sp³-hybridized carbons (Fsp3) is 0.850. The van der Waals surface area contributed by atoms with Crippen LogP contribution in [0.4, 0.5) is 0 Å². The molecule has 0 aromatic rings. The Labute approximate surface area is 151 Å². The van der Waals surface area contributed by atoms with Crippen LogP contribution >= 0.6 is 0 Å². The minimum atomic E-state index is -0.143. The van der Waals surface area contributed by atoms with Gasteiger partial charge < -0.3 is 5.32 Å². The van der Waals surface area contributed by atoms with E-state index in [9.17, 15) is 14.4 Å². The van der Waals surface area contributed by atoms with Crippen LogP contribution in [-0.2, 0) is 14.4 Å². The van der Waals surface area contributed by atoms with Gasteiger partial charge in [-0.25, -0.2) is 0 Å². The number of nitrogens with one attached hydrogen (secondary N) is 1. The van der Waals surface area contributed by atoms with Crippen LogP contribution < -0.4 is 5.32 Å². The highest BCUT2D eigenvalue weighted by molar-refractivity contribution is 6.03. The summed E-state index contributed by atoms with van der Waals surface area (Å²) in [6, 6.07) is 0. The number of carbonyl (C=O) groups excluding carboxylic acids is 3. The first-order valence-corrected chi connectivity index (χ1v) is 9.91. The van der Waals surface area contributed by atoms with Gasteiger partial charge in [0.25, 0.3) is 0 Å². The lowest BCUT2D eigenvalue weighted by Crippen LogP contribution is -2.39. The van der Waals surface area contributed by atoms with E-state index in [1.165, 1.54) is 4.90 Å². The molecular weight excluding hydrogens is 316 g/mol. The van der Waals surface area contributed by atoms with E-state index < -0.39 is 0 Å². The normalized spacial score (nSPS) is 27.4. The molecule has 1 saturated carbocycles. The Bertz CT molecular complexity index is 493. The van der Waals surface area contributed by atoms with Crippen LogP contribution in [0.25, 0.3) is 0 Å². The standard InChI is InChI=1S/C20H34N2O3/c1-13(2)9-10-21-19(24)16-7-5-15(6-8-16)12-22-18(23)11-17(14(3)4)20(22)25/h13-17H,5-12H2,1-4H3,(H,21,24). The summed E-state index contributed by atoms with van der Waals surface area (Å²) >= 11 is 0. The van der Waals surface area contributed by atoms with E-state index in [4.69, 9.17) is 0 Å². The summed E-state index contributed by atoms with van der Waals surface area (Å²) in [5.41, 5.74) is 0. The Hall–Kier alpha value is -1.39. The summed E-state index contributed by atoms with van der Waals surface area (Å²) < 4.78 is 0. The quantitative estimate of drug-likeness (QED) is 0.718. The molecular formula is C20H34N2O3. The minimum absolute atomic E-state index is 0.00792. The van der Waals surface area contributed by atoms with Gasteiger partial charge in [-0.3, -0.25) is 19.3 Å². The summed E-state index contributed by atoms with van der Waals surface area (Å²) in [5, 5.41) is 3.05. The van der Waals surface area contributed by atoms with E-state index in [2.05, 4.69) is 19.2 Å². The zero-order valence-corrected chi connectivity index (χ0v) is 16.2. The molecule has 0 radical (unpaired) electrons. The van der Waals surface area contributed by atoms with Crippen molar-refractivity contribution in [3.05, 3.63) is 0 Å². The molecule has 0 spiro atoms. The lowest BCUT2D eigenvalue weighted by molar-refractivity contribution is -0.141. The summed E-state index contributed by atoms with van der Waals surface area (Å²) in [6.07, 6.45) is 4.95. The highest BCUT2D eigenvalue weighted by atomic mass is 16.2. The number of amides is 3. The second kappa shape index (κ2) is 8.81. The summed E-state index contributed by atoms with van der Waals surface area (Å²) in [4.78, 5) is 38.3. The van der Waals surface area contributed by atoms with Crippen molar-refractivity contribution < 1.29 is 14.4 Å². The van der Waals surface area contributed by atoms with Crippen molar-refractivity contribution in [2.24, 2.45) is 29.6 Å². The molecule has 2 aliphatic rings. The number of hydrogen-bond donors (Lipinski definition) is 1. The molecule has 0 aromatic carbocycles. The van der Waals surface area contributed by atoms with Gasteiger partial charge in [0.1, 0.15) is 0 Å². The van der Waals surface area contributed by atoms with Crippen molar-refractivity contribution in [1.82, 2.24) is 10.2 Å². The maximum atomic E-state index is 12.4. The molecule has 1 aliphatic heterocycles. The fourth-order valence-electron chi connectivity index (χ4n) is 3.92. The van der Waals surface area contributed by atoms with Gasteiger partial charge in [-0.1, -0.05) is 27.7 Å².